The van der Waals surface area contributed by atoms with E-state index in [-0.39, 0.29) is 41.4 Å². The number of anilines is 1. The van der Waals surface area contributed by atoms with Crippen molar-refractivity contribution in [1.29, 1.82) is 0 Å². The second-order valence-corrected chi connectivity index (χ2v) is 8.97. The molecule has 1 aliphatic carbocycles. The molecule has 144 valence electrons. The molecule has 2 saturated heterocycles. The van der Waals surface area contributed by atoms with E-state index in [2.05, 4.69) is 48.3 Å². The van der Waals surface area contributed by atoms with Gasteiger partial charge in [0.1, 0.15) is 12.6 Å². The van der Waals surface area contributed by atoms with Crippen LogP contribution in [0.5, 0.6) is 0 Å². The maximum Gasteiger partial charge on any atom is 0.160 e. The topological polar surface area (TPSA) is 41.5 Å². The van der Waals surface area contributed by atoms with Crippen LogP contribution in [-0.4, -0.2) is 54.2 Å². The number of aliphatic hydroxyl groups excluding tert-OH is 1. The van der Waals surface area contributed by atoms with E-state index >= 15 is 0 Å². The molecule has 3 fully saturated rings. The molecule has 4 aliphatic heterocycles. The molecule has 0 amide bonds. The van der Waals surface area contributed by atoms with Crippen LogP contribution in [0.1, 0.15) is 18.4 Å². The zero-order valence-corrected chi connectivity index (χ0v) is 17.6. The number of para-hydroxylation sites is 1. The summed E-state index contributed by atoms with van der Waals surface area (Å²) in [5.41, 5.74) is 4.37. The molecule has 27 heavy (non-hydrogen) atoms. The summed E-state index contributed by atoms with van der Waals surface area (Å²) in [7, 11) is 0. The Hall–Kier alpha value is -0.890. The molecule has 1 unspecified atom stereocenters. The van der Waals surface area contributed by atoms with Crippen molar-refractivity contribution in [2.45, 2.75) is 36.6 Å². The summed E-state index contributed by atoms with van der Waals surface area (Å²) in [6, 6.07) is 9.70. The summed E-state index contributed by atoms with van der Waals surface area (Å²) >= 11 is 0. The predicted octanol–water partition coefficient (Wildman–Crippen LogP) is -0.578. The van der Waals surface area contributed by atoms with Crippen LogP contribution in [0.2, 0.25) is 0 Å². The summed E-state index contributed by atoms with van der Waals surface area (Å²) in [6.07, 6.45) is 6.05. The van der Waals surface area contributed by atoms with Gasteiger partial charge in [-0.2, -0.15) is 0 Å². The number of piperidine rings is 1. The van der Waals surface area contributed by atoms with E-state index in [1.807, 2.05) is 0 Å². The van der Waals surface area contributed by atoms with Crippen LogP contribution < -0.4 is 29.3 Å². The normalized spacial score (nSPS) is 45.5. The van der Waals surface area contributed by atoms with Crippen molar-refractivity contribution < 1.29 is 38.3 Å². The van der Waals surface area contributed by atoms with Crippen LogP contribution in [-0.2, 0) is 10.2 Å². The molecular formula is C22H27IN2O2. The van der Waals surface area contributed by atoms with Crippen molar-refractivity contribution in [3.05, 3.63) is 54.1 Å². The lowest BCUT2D eigenvalue weighted by molar-refractivity contribution is -0.937. The molecule has 0 aromatic heterocycles. The fourth-order valence-corrected chi connectivity index (χ4v) is 7.43. The van der Waals surface area contributed by atoms with Gasteiger partial charge in [-0.05, 0) is 23.3 Å². The molecule has 6 rings (SSSR count). The van der Waals surface area contributed by atoms with E-state index in [0.29, 0.717) is 18.6 Å². The van der Waals surface area contributed by atoms with E-state index in [4.69, 9.17) is 4.74 Å². The number of quaternary nitrogens is 1. The molecule has 2 bridgehead atoms. The number of fused-ring (bicyclic) bond motifs is 2. The number of nitrogens with zero attached hydrogens (tertiary/aromatic N) is 1. The smallest absolute Gasteiger partial charge is 0.160 e. The van der Waals surface area contributed by atoms with Crippen molar-refractivity contribution >= 4 is 5.69 Å². The first-order valence-corrected chi connectivity index (χ1v) is 10.0. The average molecular weight is 478 g/mol. The van der Waals surface area contributed by atoms with Gasteiger partial charge >= 0.3 is 0 Å². The standard InChI is InChI=1S/C22H27N2O2.HI/c1-2-9-24-10-8-22-16-5-3-4-6-17(16)23-20(22)19-15(12-18(22)24)14(13-24)7-11-26-21(19)25;/h2-7,15,18-21,23,25H,1,8-13H2;1H/q+1;/p-1/t15-,18-,19+,20-,21+,22+,24?;/m0./s1. The van der Waals surface area contributed by atoms with Crippen molar-refractivity contribution in [3.63, 3.8) is 0 Å². The van der Waals surface area contributed by atoms with E-state index in [9.17, 15) is 5.11 Å². The Bertz CT molecular complexity index is 826. The predicted molar refractivity (Wildman–Crippen MR) is 101 cm³/mol. The molecule has 1 saturated carbocycles. The van der Waals surface area contributed by atoms with Crippen LogP contribution in [0.15, 0.2) is 48.6 Å². The average Bonchev–Trinajstić information content (AvgIpc) is 3.10. The van der Waals surface area contributed by atoms with Gasteiger partial charge in [0.05, 0.1) is 31.2 Å². The summed E-state index contributed by atoms with van der Waals surface area (Å²) in [4.78, 5) is 0. The molecule has 7 atom stereocenters. The fourth-order valence-electron chi connectivity index (χ4n) is 7.43. The van der Waals surface area contributed by atoms with Gasteiger partial charge in [-0.1, -0.05) is 30.9 Å². The van der Waals surface area contributed by atoms with Gasteiger partial charge in [-0.15, -0.1) is 0 Å². The van der Waals surface area contributed by atoms with E-state index < -0.39 is 6.29 Å². The van der Waals surface area contributed by atoms with Crippen LogP contribution >= 0.6 is 0 Å². The van der Waals surface area contributed by atoms with Gasteiger partial charge in [0, 0.05) is 30.4 Å². The molecular weight excluding hydrogens is 451 g/mol. The van der Waals surface area contributed by atoms with E-state index in [1.54, 1.807) is 0 Å². The van der Waals surface area contributed by atoms with Gasteiger partial charge in [-0.25, -0.2) is 0 Å². The van der Waals surface area contributed by atoms with Gasteiger partial charge < -0.3 is 43.6 Å². The van der Waals surface area contributed by atoms with Crippen LogP contribution in [0.25, 0.3) is 0 Å². The molecule has 4 nitrogen and oxygen atoms in total. The molecule has 1 aromatic rings. The number of hydrogen-bond acceptors (Lipinski definition) is 3. The Labute approximate surface area is 177 Å². The Morgan fingerprint density at radius 1 is 1.37 bits per heavy atom. The largest absolute Gasteiger partial charge is 1.00 e. The fraction of sp³-hybridized carbons (Fsp3) is 0.545. The lowest BCUT2D eigenvalue weighted by Gasteiger charge is -2.57. The Morgan fingerprint density at radius 3 is 3.07 bits per heavy atom. The van der Waals surface area contributed by atoms with E-state index in [1.165, 1.54) is 29.8 Å². The minimum absolute atomic E-state index is 0. The molecule has 5 heteroatoms. The number of hydrogen-bond donors (Lipinski definition) is 2. The lowest BCUT2D eigenvalue weighted by Crippen LogP contribution is -3.00. The highest BCUT2D eigenvalue weighted by Gasteiger charge is 2.72. The Kier molecular flexibility index (Phi) is 4.07. The number of halogens is 1. The highest BCUT2D eigenvalue weighted by molar-refractivity contribution is 5.64. The maximum atomic E-state index is 10.9. The third-order valence-corrected chi connectivity index (χ3v) is 8.26. The molecule has 0 radical (unpaired) electrons. The Balaban J connectivity index is 0.00000160. The minimum Gasteiger partial charge on any atom is -1.00 e. The number of ether oxygens (including phenoxy) is 1. The molecule has 1 spiro atoms. The molecule has 4 heterocycles. The zero-order chi connectivity index (χ0) is 17.5. The number of aliphatic hydroxyl groups is 1. The van der Waals surface area contributed by atoms with Gasteiger partial charge in [0.15, 0.2) is 6.29 Å². The number of nitrogens with one attached hydrogen (secondary N) is 1. The first-order valence-electron chi connectivity index (χ1n) is 10.0. The SMILES string of the molecule is C=CC[N+]12CC[C@]34c5ccccc5N[C@H]3[C@@H]3[C@H](O)OCC=C(C1)[C@@H]3C[C@@H]42.[I-]. The first-order chi connectivity index (χ1) is 12.7. The minimum atomic E-state index is -0.682. The van der Waals surface area contributed by atoms with Gasteiger partial charge in [0.25, 0.3) is 0 Å². The number of benzene rings is 1. The molecule has 5 aliphatic rings. The summed E-state index contributed by atoms with van der Waals surface area (Å²) < 4.78 is 6.98. The van der Waals surface area contributed by atoms with E-state index in [0.717, 1.165) is 24.0 Å². The highest BCUT2D eigenvalue weighted by Crippen LogP contribution is 2.64. The second-order valence-electron chi connectivity index (χ2n) is 8.97. The maximum absolute atomic E-state index is 10.9. The highest BCUT2D eigenvalue weighted by atomic mass is 127. The van der Waals surface area contributed by atoms with Crippen molar-refractivity contribution in [1.82, 2.24) is 0 Å². The first kappa shape index (κ1) is 18.2. The Morgan fingerprint density at radius 2 is 2.22 bits per heavy atom. The third-order valence-electron chi connectivity index (χ3n) is 8.26. The third kappa shape index (κ3) is 2.09. The summed E-state index contributed by atoms with van der Waals surface area (Å²) in [5, 5.41) is 14.8. The number of rotatable bonds is 2. The van der Waals surface area contributed by atoms with Crippen LogP contribution in [0, 0.1) is 11.8 Å². The van der Waals surface area contributed by atoms with Gasteiger partial charge in [-0.3, -0.25) is 0 Å². The second kappa shape index (κ2) is 6.05. The summed E-state index contributed by atoms with van der Waals surface area (Å²) in [6.45, 7) is 7.98. The van der Waals surface area contributed by atoms with Crippen molar-refractivity contribution in [2.75, 3.05) is 31.6 Å². The van der Waals surface area contributed by atoms with Crippen molar-refractivity contribution in [3.8, 4) is 0 Å². The molecule has 1 aromatic carbocycles. The van der Waals surface area contributed by atoms with Gasteiger partial charge in [0.2, 0.25) is 0 Å². The quantitative estimate of drug-likeness (QED) is 0.340. The lowest BCUT2D eigenvalue weighted by atomic mass is 9.55. The van der Waals surface area contributed by atoms with Crippen LogP contribution in [0.3, 0.4) is 0 Å². The van der Waals surface area contributed by atoms with Crippen molar-refractivity contribution in [2.24, 2.45) is 11.8 Å². The summed E-state index contributed by atoms with van der Waals surface area (Å²) in [5.74, 6) is 0.572. The molecule has 2 N–H and O–H groups in total. The monoisotopic (exact) mass is 478 g/mol. The zero-order valence-electron chi connectivity index (χ0n) is 15.5. The van der Waals surface area contributed by atoms with Crippen LogP contribution in [0.4, 0.5) is 5.69 Å².